The SMILES string of the molecule is Cc1c(C(=O)NCC2CC(=O)N(Cc3ccc(Cl)cc3)C2)nnn1-c1ccccc1. The molecule has 0 spiro atoms. The van der Waals surface area contributed by atoms with E-state index in [9.17, 15) is 9.59 Å². The van der Waals surface area contributed by atoms with E-state index in [2.05, 4.69) is 15.6 Å². The lowest BCUT2D eigenvalue weighted by molar-refractivity contribution is -0.128. The number of benzene rings is 2. The summed E-state index contributed by atoms with van der Waals surface area (Å²) in [4.78, 5) is 26.8. The standard InChI is InChI=1S/C22H22ClN5O2/c1-15-21(25-26-28(15)19-5-3-2-4-6-19)22(30)24-12-17-11-20(29)27(14-17)13-16-7-9-18(23)10-8-16/h2-10,17H,11-14H2,1H3,(H,24,30). The Morgan fingerprint density at radius 2 is 1.90 bits per heavy atom. The quantitative estimate of drug-likeness (QED) is 0.661. The highest BCUT2D eigenvalue weighted by molar-refractivity contribution is 6.30. The molecule has 1 aromatic heterocycles. The minimum Gasteiger partial charge on any atom is -0.350 e. The summed E-state index contributed by atoms with van der Waals surface area (Å²) in [7, 11) is 0. The summed E-state index contributed by atoms with van der Waals surface area (Å²) in [5, 5.41) is 11.7. The lowest BCUT2D eigenvalue weighted by Crippen LogP contribution is -2.31. The van der Waals surface area contributed by atoms with Crippen molar-refractivity contribution in [2.45, 2.75) is 19.9 Å². The predicted molar refractivity (Wildman–Crippen MR) is 113 cm³/mol. The van der Waals surface area contributed by atoms with Gasteiger partial charge in [-0.05, 0) is 36.8 Å². The zero-order valence-corrected chi connectivity index (χ0v) is 17.3. The Balaban J connectivity index is 1.34. The number of carbonyl (C=O) groups excluding carboxylic acids is 2. The molecule has 2 amide bonds. The molecule has 1 N–H and O–H groups in total. The molecule has 7 nitrogen and oxygen atoms in total. The molecule has 0 saturated carbocycles. The van der Waals surface area contributed by atoms with Gasteiger partial charge in [0.2, 0.25) is 5.91 Å². The second-order valence-electron chi connectivity index (χ2n) is 7.45. The summed E-state index contributed by atoms with van der Waals surface area (Å²) in [6.07, 6.45) is 0.420. The lowest BCUT2D eigenvalue weighted by Gasteiger charge is -2.17. The van der Waals surface area contributed by atoms with E-state index in [4.69, 9.17) is 11.6 Å². The summed E-state index contributed by atoms with van der Waals surface area (Å²) in [5.74, 6) is -0.119. The minimum atomic E-state index is -0.279. The van der Waals surface area contributed by atoms with E-state index in [1.807, 2.05) is 66.4 Å². The first-order valence-electron chi connectivity index (χ1n) is 9.79. The van der Waals surface area contributed by atoms with Crippen LogP contribution in [0.25, 0.3) is 5.69 Å². The fourth-order valence-electron chi connectivity index (χ4n) is 3.63. The molecule has 1 fully saturated rings. The van der Waals surface area contributed by atoms with Crippen LogP contribution in [0.15, 0.2) is 54.6 Å². The number of rotatable bonds is 6. The van der Waals surface area contributed by atoms with Crippen LogP contribution in [0.3, 0.4) is 0 Å². The van der Waals surface area contributed by atoms with Crippen molar-refractivity contribution in [2.75, 3.05) is 13.1 Å². The van der Waals surface area contributed by atoms with Crippen molar-refractivity contribution >= 4 is 23.4 Å². The Bertz CT molecular complexity index is 1050. The van der Waals surface area contributed by atoms with Gasteiger partial charge in [0.1, 0.15) is 0 Å². The number of halogens is 1. The monoisotopic (exact) mass is 423 g/mol. The Morgan fingerprint density at radius 3 is 2.63 bits per heavy atom. The third-order valence-corrected chi connectivity index (χ3v) is 5.49. The Kier molecular flexibility index (Phi) is 5.81. The third-order valence-electron chi connectivity index (χ3n) is 5.24. The summed E-state index contributed by atoms with van der Waals surface area (Å²) >= 11 is 5.92. The Morgan fingerprint density at radius 1 is 1.17 bits per heavy atom. The highest BCUT2D eigenvalue weighted by atomic mass is 35.5. The number of para-hydroxylation sites is 1. The molecule has 4 rings (SSSR count). The number of nitrogens with one attached hydrogen (secondary N) is 1. The van der Waals surface area contributed by atoms with Gasteiger partial charge in [-0.1, -0.05) is 47.1 Å². The molecule has 3 aromatic rings. The first kappa shape index (κ1) is 20.1. The molecule has 0 radical (unpaired) electrons. The fourth-order valence-corrected chi connectivity index (χ4v) is 3.75. The smallest absolute Gasteiger partial charge is 0.273 e. The molecule has 0 bridgehead atoms. The molecule has 1 saturated heterocycles. The molecule has 8 heteroatoms. The van der Waals surface area contributed by atoms with Gasteiger partial charge in [-0.15, -0.1) is 5.10 Å². The van der Waals surface area contributed by atoms with Crippen molar-refractivity contribution in [3.05, 3.63) is 76.6 Å². The average Bonchev–Trinajstić information content (AvgIpc) is 3.31. The number of nitrogens with zero attached hydrogens (tertiary/aromatic N) is 4. The third kappa shape index (κ3) is 4.36. The molecule has 30 heavy (non-hydrogen) atoms. The van der Waals surface area contributed by atoms with Crippen LogP contribution in [0, 0.1) is 12.8 Å². The molecule has 1 aliphatic rings. The predicted octanol–water partition coefficient (Wildman–Crippen LogP) is 3.01. The molecular formula is C22H22ClN5O2. The molecule has 0 aliphatic carbocycles. The van der Waals surface area contributed by atoms with Gasteiger partial charge >= 0.3 is 0 Å². The van der Waals surface area contributed by atoms with Crippen LogP contribution in [0.4, 0.5) is 0 Å². The minimum absolute atomic E-state index is 0.0678. The number of aromatic nitrogens is 3. The normalized spacial score (nSPS) is 16.1. The zero-order chi connectivity index (χ0) is 21.1. The van der Waals surface area contributed by atoms with E-state index < -0.39 is 0 Å². The first-order valence-corrected chi connectivity index (χ1v) is 10.2. The average molecular weight is 424 g/mol. The maximum atomic E-state index is 12.6. The first-order chi connectivity index (χ1) is 14.5. The van der Waals surface area contributed by atoms with Gasteiger partial charge in [0.25, 0.3) is 5.91 Å². The maximum absolute atomic E-state index is 12.6. The Hall–Kier alpha value is -3.19. The molecule has 2 aromatic carbocycles. The molecule has 1 aliphatic heterocycles. The summed E-state index contributed by atoms with van der Waals surface area (Å²) in [5.41, 5.74) is 2.85. The van der Waals surface area contributed by atoms with E-state index in [1.165, 1.54) is 0 Å². The molecular weight excluding hydrogens is 402 g/mol. The topological polar surface area (TPSA) is 80.1 Å². The number of hydrogen-bond acceptors (Lipinski definition) is 4. The molecule has 1 atom stereocenters. The summed E-state index contributed by atoms with van der Waals surface area (Å²) < 4.78 is 1.64. The van der Waals surface area contributed by atoms with E-state index in [-0.39, 0.29) is 17.7 Å². The van der Waals surface area contributed by atoms with Crippen LogP contribution in [0.2, 0.25) is 5.02 Å². The van der Waals surface area contributed by atoms with Gasteiger partial charge in [0.15, 0.2) is 5.69 Å². The van der Waals surface area contributed by atoms with Crippen molar-refractivity contribution in [3.8, 4) is 5.69 Å². The maximum Gasteiger partial charge on any atom is 0.273 e. The fraction of sp³-hybridized carbons (Fsp3) is 0.273. The second kappa shape index (κ2) is 8.67. The van der Waals surface area contributed by atoms with Gasteiger partial charge < -0.3 is 10.2 Å². The summed E-state index contributed by atoms with van der Waals surface area (Å²) in [6, 6.07) is 17.0. The summed E-state index contributed by atoms with van der Waals surface area (Å²) in [6.45, 7) is 3.39. The number of carbonyl (C=O) groups is 2. The van der Waals surface area contributed by atoms with Crippen molar-refractivity contribution in [1.29, 1.82) is 0 Å². The highest BCUT2D eigenvalue weighted by Crippen LogP contribution is 2.21. The van der Waals surface area contributed by atoms with Crippen LogP contribution in [-0.2, 0) is 11.3 Å². The number of hydrogen-bond donors (Lipinski definition) is 1. The molecule has 1 unspecified atom stereocenters. The largest absolute Gasteiger partial charge is 0.350 e. The van der Waals surface area contributed by atoms with E-state index >= 15 is 0 Å². The van der Waals surface area contributed by atoms with E-state index in [1.54, 1.807) is 4.68 Å². The van der Waals surface area contributed by atoms with Crippen LogP contribution in [0.5, 0.6) is 0 Å². The van der Waals surface area contributed by atoms with Gasteiger partial charge in [0.05, 0.1) is 11.4 Å². The van der Waals surface area contributed by atoms with E-state index in [0.717, 1.165) is 11.3 Å². The van der Waals surface area contributed by atoms with Gasteiger partial charge in [-0.2, -0.15) is 0 Å². The number of amides is 2. The Labute approximate surface area is 179 Å². The van der Waals surface area contributed by atoms with Crippen molar-refractivity contribution in [3.63, 3.8) is 0 Å². The van der Waals surface area contributed by atoms with Gasteiger partial charge in [0, 0.05) is 37.0 Å². The van der Waals surface area contributed by atoms with Crippen LogP contribution < -0.4 is 5.32 Å². The van der Waals surface area contributed by atoms with Gasteiger partial charge in [-0.25, -0.2) is 4.68 Å². The van der Waals surface area contributed by atoms with Crippen molar-refractivity contribution < 1.29 is 9.59 Å². The van der Waals surface area contributed by atoms with Crippen molar-refractivity contribution in [1.82, 2.24) is 25.2 Å². The molecule has 154 valence electrons. The van der Waals surface area contributed by atoms with E-state index in [0.29, 0.717) is 42.5 Å². The van der Waals surface area contributed by atoms with Crippen LogP contribution in [-0.4, -0.2) is 44.8 Å². The highest BCUT2D eigenvalue weighted by Gasteiger charge is 2.30. The lowest BCUT2D eigenvalue weighted by atomic mass is 10.1. The van der Waals surface area contributed by atoms with Crippen LogP contribution >= 0.6 is 11.6 Å². The van der Waals surface area contributed by atoms with Crippen molar-refractivity contribution in [2.24, 2.45) is 5.92 Å². The second-order valence-corrected chi connectivity index (χ2v) is 7.89. The zero-order valence-electron chi connectivity index (χ0n) is 16.6. The van der Waals surface area contributed by atoms with Gasteiger partial charge in [-0.3, -0.25) is 9.59 Å². The molecule has 2 heterocycles. The van der Waals surface area contributed by atoms with Crippen LogP contribution in [0.1, 0.15) is 28.2 Å². The number of likely N-dealkylation sites (tertiary alicyclic amines) is 1.